The Hall–Kier alpha value is -3.45. The van der Waals surface area contributed by atoms with Crippen molar-refractivity contribution >= 4 is 16.6 Å². The van der Waals surface area contributed by atoms with Crippen molar-refractivity contribution < 1.29 is 4.74 Å². The van der Waals surface area contributed by atoms with Crippen LogP contribution in [0.1, 0.15) is 18.4 Å². The number of ether oxygens (including phenoxy) is 1. The van der Waals surface area contributed by atoms with Crippen molar-refractivity contribution in [3.05, 3.63) is 66.4 Å². The Morgan fingerprint density at radius 2 is 1.79 bits per heavy atom. The van der Waals surface area contributed by atoms with Crippen molar-refractivity contribution in [1.82, 2.24) is 24.9 Å². The molecule has 7 nitrogen and oxygen atoms in total. The molecular weight excluding hydrogens is 412 g/mol. The molecule has 0 aliphatic carbocycles. The van der Waals surface area contributed by atoms with Gasteiger partial charge in [0.15, 0.2) is 5.82 Å². The van der Waals surface area contributed by atoms with Crippen LogP contribution in [0.3, 0.4) is 0 Å². The molecule has 0 saturated carbocycles. The van der Waals surface area contributed by atoms with Crippen LogP contribution in [0.4, 0.5) is 5.82 Å². The maximum atomic E-state index is 5.38. The molecule has 3 heterocycles. The van der Waals surface area contributed by atoms with Crippen molar-refractivity contribution in [2.24, 2.45) is 7.05 Å². The molecule has 0 amide bonds. The van der Waals surface area contributed by atoms with Gasteiger partial charge >= 0.3 is 0 Å². The largest absolute Gasteiger partial charge is 0.497 e. The lowest BCUT2D eigenvalue weighted by molar-refractivity contribution is 0.200. The number of fused-ring (bicyclic) bond motifs is 1. The molecule has 170 valence electrons. The first-order valence-corrected chi connectivity index (χ1v) is 11.5. The van der Waals surface area contributed by atoms with E-state index in [9.17, 15) is 0 Å². The molecule has 7 heteroatoms. The monoisotopic (exact) mass is 442 g/mol. The standard InChI is InChI=1S/C26H30N6O/c1-30(18-19-7-6-8-21(17-19)33-3)20-12-15-32(16-13-20)26-23-10-5-4-9-22(23)25(28-29-26)24-11-14-27-31(24)2/h4-11,14,17,20H,12-13,15-16,18H2,1-3H3. The van der Waals surface area contributed by atoms with E-state index in [0.717, 1.165) is 66.2 Å². The van der Waals surface area contributed by atoms with E-state index in [0.29, 0.717) is 6.04 Å². The second-order valence-electron chi connectivity index (χ2n) is 8.74. The van der Waals surface area contributed by atoms with Crippen LogP contribution in [-0.2, 0) is 13.6 Å². The van der Waals surface area contributed by atoms with Crippen LogP contribution in [0.5, 0.6) is 5.75 Å². The smallest absolute Gasteiger partial charge is 0.159 e. The van der Waals surface area contributed by atoms with Gasteiger partial charge in [-0.2, -0.15) is 5.10 Å². The van der Waals surface area contributed by atoms with E-state index in [2.05, 4.69) is 69.5 Å². The van der Waals surface area contributed by atoms with E-state index >= 15 is 0 Å². The Balaban J connectivity index is 1.32. The Labute approximate surface area is 194 Å². The number of benzene rings is 2. The zero-order valence-corrected chi connectivity index (χ0v) is 19.5. The summed E-state index contributed by atoms with van der Waals surface area (Å²) < 4.78 is 7.22. The highest BCUT2D eigenvalue weighted by Crippen LogP contribution is 2.32. The maximum Gasteiger partial charge on any atom is 0.159 e. The first-order valence-electron chi connectivity index (χ1n) is 11.5. The molecule has 1 saturated heterocycles. The number of rotatable bonds is 6. The molecule has 0 radical (unpaired) electrons. The summed E-state index contributed by atoms with van der Waals surface area (Å²) in [6.45, 7) is 2.86. The molecule has 1 aliphatic rings. The molecular formula is C26H30N6O. The highest BCUT2D eigenvalue weighted by molar-refractivity contribution is 5.99. The summed E-state index contributed by atoms with van der Waals surface area (Å²) in [6, 6.07) is 19.3. The van der Waals surface area contributed by atoms with Crippen molar-refractivity contribution in [3.8, 4) is 17.1 Å². The Kier molecular flexibility index (Phi) is 5.96. The van der Waals surface area contributed by atoms with Crippen LogP contribution in [0.2, 0.25) is 0 Å². The average molecular weight is 443 g/mol. The summed E-state index contributed by atoms with van der Waals surface area (Å²) in [7, 11) is 5.87. The van der Waals surface area contributed by atoms with Gasteiger partial charge < -0.3 is 9.64 Å². The van der Waals surface area contributed by atoms with Gasteiger partial charge in [-0.1, -0.05) is 36.4 Å². The van der Waals surface area contributed by atoms with Crippen molar-refractivity contribution in [2.75, 3.05) is 32.1 Å². The molecule has 0 atom stereocenters. The quantitative estimate of drug-likeness (QED) is 0.447. The highest BCUT2D eigenvalue weighted by atomic mass is 16.5. The zero-order chi connectivity index (χ0) is 22.8. The van der Waals surface area contributed by atoms with E-state index in [1.165, 1.54) is 5.56 Å². The first-order chi connectivity index (χ1) is 16.1. The summed E-state index contributed by atoms with van der Waals surface area (Å²) in [5.74, 6) is 1.89. The number of hydrogen-bond acceptors (Lipinski definition) is 6. The van der Waals surface area contributed by atoms with E-state index in [1.807, 2.05) is 23.9 Å². The Bertz CT molecular complexity index is 1240. The number of piperidine rings is 1. The second kappa shape index (κ2) is 9.19. The van der Waals surface area contributed by atoms with Crippen LogP contribution in [0.15, 0.2) is 60.8 Å². The second-order valence-corrected chi connectivity index (χ2v) is 8.74. The van der Waals surface area contributed by atoms with Crippen molar-refractivity contribution in [3.63, 3.8) is 0 Å². The summed E-state index contributed by atoms with van der Waals surface area (Å²) in [5.41, 5.74) is 3.13. The highest BCUT2D eigenvalue weighted by Gasteiger charge is 2.25. The SMILES string of the molecule is COc1cccc(CN(C)C2CCN(c3nnc(-c4ccnn4C)c4ccccc34)CC2)c1. The van der Waals surface area contributed by atoms with Crippen LogP contribution in [0.25, 0.3) is 22.2 Å². The zero-order valence-electron chi connectivity index (χ0n) is 19.5. The summed E-state index contributed by atoms with van der Waals surface area (Å²) in [4.78, 5) is 4.85. The molecule has 1 aliphatic heterocycles. The lowest BCUT2D eigenvalue weighted by Crippen LogP contribution is -2.43. The van der Waals surface area contributed by atoms with E-state index in [-0.39, 0.29) is 0 Å². The van der Waals surface area contributed by atoms with Crippen LogP contribution < -0.4 is 9.64 Å². The van der Waals surface area contributed by atoms with Gasteiger partial charge in [-0.25, -0.2) is 0 Å². The molecule has 0 bridgehead atoms. The first kappa shape index (κ1) is 21.4. The van der Waals surface area contributed by atoms with Gasteiger partial charge in [0, 0.05) is 49.7 Å². The average Bonchev–Trinajstić information content (AvgIpc) is 3.29. The number of anilines is 1. The number of nitrogens with zero attached hydrogens (tertiary/aromatic N) is 6. The summed E-state index contributed by atoms with van der Waals surface area (Å²) in [6.07, 6.45) is 3.99. The molecule has 2 aromatic heterocycles. The summed E-state index contributed by atoms with van der Waals surface area (Å²) >= 11 is 0. The predicted octanol–water partition coefficient (Wildman–Crippen LogP) is 4.14. The van der Waals surface area contributed by atoms with Gasteiger partial charge in [0.1, 0.15) is 11.4 Å². The van der Waals surface area contributed by atoms with Gasteiger partial charge in [0.25, 0.3) is 0 Å². The number of methoxy groups -OCH3 is 1. The number of aryl methyl sites for hydroxylation is 1. The molecule has 5 rings (SSSR count). The van der Waals surface area contributed by atoms with Gasteiger partial charge in [0.2, 0.25) is 0 Å². The Morgan fingerprint density at radius 3 is 2.52 bits per heavy atom. The van der Waals surface area contributed by atoms with E-state index < -0.39 is 0 Å². The molecule has 2 aromatic carbocycles. The van der Waals surface area contributed by atoms with Crippen LogP contribution in [-0.4, -0.2) is 58.2 Å². The number of hydrogen-bond donors (Lipinski definition) is 0. The molecule has 1 fully saturated rings. The minimum Gasteiger partial charge on any atom is -0.497 e. The molecule has 0 unspecified atom stereocenters. The Morgan fingerprint density at radius 1 is 1.00 bits per heavy atom. The predicted molar refractivity (Wildman–Crippen MR) is 131 cm³/mol. The molecule has 0 N–H and O–H groups in total. The topological polar surface area (TPSA) is 59.3 Å². The minimum absolute atomic E-state index is 0.542. The lowest BCUT2D eigenvalue weighted by atomic mass is 10.0. The van der Waals surface area contributed by atoms with Gasteiger partial charge in [-0.15, -0.1) is 10.2 Å². The lowest BCUT2D eigenvalue weighted by Gasteiger charge is -2.37. The molecule has 33 heavy (non-hydrogen) atoms. The van der Waals surface area contributed by atoms with Gasteiger partial charge in [0.05, 0.1) is 12.8 Å². The third-order valence-corrected chi connectivity index (χ3v) is 6.68. The van der Waals surface area contributed by atoms with E-state index in [1.54, 1.807) is 13.3 Å². The van der Waals surface area contributed by atoms with Gasteiger partial charge in [-0.05, 0) is 43.7 Å². The third kappa shape index (κ3) is 4.28. The minimum atomic E-state index is 0.542. The maximum absolute atomic E-state index is 5.38. The van der Waals surface area contributed by atoms with Crippen molar-refractivity contribution in [2.45, 2.75) is 25.4 Å². The van der Waals surface area contributed by atoms with Gasteiger partial charge in [-0.3, -0.25) is 9.58 Å². The number of aromatic nitrogens is 4. The fourth-order valence-electron chi connectivity index (χ4n) is 4.83. The fourth-order valence-corrected chi connectivity index (χ4v) is 4.83. The van der Waals surface area contributed by atoms with E-state index in [4.69, 9.17) is 9.84 Å². The molecule has 0 spiro atoms. The third-order valence-electron chi connectivity index (χ3n) is 6.68. The normalized spacial score (nSPS) is 14.8. The molecule has 4 aromatic rings. The fraction of sp³-hybridized carbons (Fsp3) is 0.346. The van der Waals surface area contributed by atoms with Crippen LogP contribution >= 0.6 is 0 Å². The summed E-state index contributed by atoms with van der Waals surface area (Å²) in [5, 5.41) is 15.9. The van der Waals surface area contributed by atoms with Crippen LogP contribution in [0, 0.1) is 0 Å². The van der Waals surface area contributed by atoms with Crippen molar-refractivity contribution in [1.29, 1.82) is 0 Å².